The average Bonchev–Trinajstić information content (AvgIpc) is 2.36. The van der Waals surface area contributed by atoms with Crippen molar-refractivity contribution in [3.63, 3.8) is 0 Å². The fourth-order valence-corrected chi connectivity index (χ4v) is 1.81. The van der Waals surface area contributed by atoms with E-state index in [0.717, 1.165) is 6.29 Å². The largest absolute Gasteiger partial charge is 0.485 e. The topological polar surface area (TPSA) is 81.5 Å². The number of aldehydes is 1. The molecule has 1 aromatic carbocycles. The van der Waals surface area contributed by atoms with Crippen LogP contribution in [0.25, 0.3) is 0 Å². The Labute approximate surface area is 97.7 Å². The summed E-state index contributed by atoms with van der Waals surface area (Å²) in [6.45, 7) is 1.89. The molecule has 6 nitrogen and oxygen atoms in total. The second kappa shape index (κ2) is 4.40. The van der Waals surface area contributed by atoms with Gasteiger partial charge in [-0.2, -0.15) is 0 Å². The predicted octanol–water partition coefficient (Wildman–Crippen LogP) is 1.75. The minimum atomic E-state index is -0.476. The molecule has 6 heteroatoms. The molecule has 90 valence electrons. The zero-order valence-electron chi connectivity index (χ0n) is 9.25. The highest BCUT2D eigenvalue weighted by Crippen LogP contribution is 2.34. The first-order valence-electron chi connectivity index (χ1n) is 5.32. The van der Waals surface area contributed by atoms with Crippen molar-refractivity contribution in [2.45, 2.75) is 25.5 Å². The minimum Gasteiger partial charge on any atom is -0.485 e. The third kappa shape index (κ3) is 2.06. The van der Waals surface area contributed by atoms with Crippen molar-refractivity contribution in [3.8, 4) is 5.75 Å². The van der Waals surface area contributed by atoms with Crippen molar-refractivity contribution in [2.24, 2.45) is 0 Å². The van der Waals surface area contributed by atoms with Gasteiger partial charge in [0.1, 0.15) is 24.2 Å². The smallest absolute Gasteiger partial charge is 0.273 e. The lowest BCUT2D eigenvalue weighted by Gasteiger charge is -2.31. The van der Waals surface area contributed by atoms with Crippen LogP contribution in [0.15, 0.2) is 18.2 Å². The van der Waals surface area contributed by atoms with Crippen molar-refractivity contribution in [1.82, 2.24) is 0 Å². The van der Waals surface area contributed by atoms with Crippen molar-refractivity contribution in [2.75, 3.05) is 5.32 Å². The summed E-state index contributed by atoms with van der Waals surface area (Å²) in [5.74, 6) is 0.421. The summed E-state index contributed by atoms with van der Waals surface area (Å²) in [6, 6.07) is 3.89. The Morgan fingerprint density at radius 3 is 2.94 bits per heavy atom. The van der Waals surface area contributed by atoms with Crippen molar-refractivity contribution in [1.29, 1.82) is 0 Å². The summed E-state index contributed by atoms with van der Waals surface area (Å²) in [7, 11) is 0. The number of ether oxygens (including phenoxy) is 1. The molecule has 0 bridgehead atoms. The monoisotopic (exact) mass is 236 g/mol. The van der Waals surface area contributed by atoms with Gasteiger partial charge >= 0.3 is 0 Å². The van der Waals surface area contributed by atoms with Gasteiger partial charge in [0.25, 0.3) is 5.69 Å². The number of non-ortho nitro benzene ring substituents is 1. The normalized spacial score (nSPS) is 21.9. The lowest BCUT2D eigenvalue weighted by atomic mass is 10.1. The summed E-state index contributed by atoms with van der Waals surface area (Å²) < 4.78 is 5.58. The molecule has 17 heavy (non-hydrogen) atoms. The molecule has 0 radical (unpaired) electrons. The number of nitro benzene ring substituents is 1. The third-order valence-electron chi connectivity index (χ3n) is 2.73. The van der Waals surface area contributed by atoms with Gasteiger partial charge in [-0.25, -0.2) is 0 Å². The van der Waals surface area contributed by atoms with Gasteiger partial charge in [0.05, 0.1) is 16.7 Å². The number of fused-ring (bicyclic) bond motifs is 1. The molecule has 0 saturated carbocycles. The molecule has 2 rings (SSSR count). The number of rotatable bonds is 3. The molecule has 0 saturated heterocycles. The summed E-state index contributed by atoms with van der Waals surface area (Å²) in [6.07, 6.45) is 1.15. The Balaban J connectivity index is 2.34. The number of carbonyl (C=O) groups excluding carboxylic acids is 1. The zero-order chi connectivity index (χ0) is 12.4. The minimum absolute atomic E-state index is 0.0232. The maximum Gasteiger partial charge on any atom is 0.273 e. The highest BCUT2D eigenvalue weighted by Gasteiger charge is 2.28. The second-order valence-corrected chi connectivity index (χ2v) is 3.81. The Kier molecular flexibility index (Phi) is 2.95. The van der Waals surface area contributed by atoms with E-state index in [1.54, 1.807) is 6.07 Å². The summed E-state index contributed by atoms with van der Waals surface area (Å²) in [4.78, 5) is 21.0. The van der Waals surface area contributed by atoms with E-state index >= 15 is 0 Å². The molecule has 0 aliphatic carbocycles. The molecular weight excluding hydrogens is 224 g/mol. The Morgan fingerprint density at radius 1 is 1.59 bits per heavy atom. The van der Waals surface area contributed by atoms with E-state index < -0.39 is 11.0 Å². The maximum atomic E-state index is 10.9. The van der Waals surface area contributed by atoms with Crippen molar-refractivity contribution < 1.29 is 14.5 Å². The Bertz CT molecular complexity index is 461. The number of carbonyl (C=O) groups is 1. The first-order chi connectivity index (χ1) is 8.15. The zero-order valence-corrected chi connectivity index (χ0v) is 9.25. The number of nitro groups is 1. The van der Waals surface area contributed by atoms with Crippen LogP contribution in [0.5, 0.6) is 5.75 Å². The van der Waals surface area contributed by atoms with Crippen LogP contribution in [-0.4, -0.2) is 23.4 Å². The van der Waals surface area contributed by atoms with Crippen LogP contribution in [-0.2, 0) is 4.79 Å². The fourth-order valence-electron chi connectivity index (χ4n) is 1.81. The van der Waals surface area contributed by atoms with E-state index in [1.165, 1.54) is 12.1 Å². The molecular formula is C11H12N2O4. The van der Waals surface area contributed by atoms with E-state index in [9.17, 15) is 14.9 Å². The summed E-state index contributed by atoms with van der Waals surface area (Å²) in [5, 5.41) is 13.6. The first kappa shape index (κ1) is 11.4. The van der Waals surface area contributed by atoms with E-state index in [0.29, 0.717) is 17.9 Å². The Morgan fingerprint density at radius 2 is 2.35 bits per heavy atom. The van der Waals surface area contributed by atoms with Gasteiger partial charge in [0, 0.05) is 6.07 Å². The van der Waals surface area contributed by atoms with Crippen LogP contribution in [0.2, 0.25) is 0 Å². The molecule has 1 aliphatic heterocycles. The molecule has 1 aliphatic rings. The number of anilines is 1. The maximum absolute atomic E-state index is 10.9. The van der Waals surface area contributed by atoms with Gasteiger partial charge in [-0.1, -0.05) is 6.92 Å². The van der Waals surface area contributed by atoms with Gasteiger partial charge in [0.15, 0.2) is 0 Å². The summed E-state index contributed by atoms with van der Waals surface area (Å²) >= 11 is 0. The molecule has 0 spiro atoms. The van der Waals surface area contributed by atoms with Crippen LogP contribution >= 0.6 is 0 Å². The van der Waals surface area contributed by atoms with Crippen LogP contribution in [0.3, 0.4) is 0 Å². The first-order valence-corrected chi connectivity index (χ1v) is 5.32. The molecule has 2 atom stereocenters. The van der Waals surface area contributed by atoms with Gasteiger partial charge in [-0.05, 0) is 12.5 Å². The molecule has 0 aromatic heterocycles. The molecule has 0 fully saturated rings. The number of hydrogen-bond donors (Lipinski definition) is 1. The van der Waals surface area contributed by atoms with Crippen molar-refractivity contribution in [3.05, 3.63) is 28.3 Å². The molecule has 1 N–H and O–H groups in total. The van der Waals surface area contributed by atoms with Crippen LogP contribution in [0, 0.1) is 10.1 Å². The van der Waals surface area contributed by atoms with E-state index in [1.807, 2.05) is 6.92 Å². The quantitative estimate of drug-likeness (QED) is 0.491. The lowest BCUT2D eigenvalue weighted by molar-refractivity contribution is -0.384. The molecule has 0 amide bonds. The third-order valence-corrected chi connectivity index (χ3v) is 2.73. The van der Waals surface area contributed by atoms with Crippen LogP contribution < -0.4 is 10.1 Å². The van der Waals surface area contributed by atoms with E-state index in [-0.39, 0.29) is 11.8 Å². The predicted molar refractivity (Wildman–Crippen MR) is 61.3 cm³/mol. The molecule has 1 heterocycles. The molecule has 1 aromatic rings. The van der Waals surface area contributed by atoms with Gasteiger partial charge < -0.3 is 14.8 Å². The van der Waals surface area contributed by atoms with Crippen molar-refractivity contribution >= 4 is 17.7 Å². The van der Waals surface area contributed by atoms with Gasteiger partial charge in [-0.3, -0.25) is 10.1 Å². The standard InChI is InChI=1S/C11H12N2O4/c1-2-10-9(6-14)12-8-4-3-7(13(15)16)5-11(8)17-10/h3-6,9-10,12H,2H2,1H3. The fraction of sp³-hybridized carbons (Fsp3) is 0.364. The average molecular weight is 236 g/mol. The Hall–Kier alpha value is -2.11. The summed E-state index contributed by atoms with van der Waals surface area (Å²) in [5.41, 5.74) is 0.586. The van der Waals surface area contributed by atoms with Crippen LogP contribution in [0.4, 0.5) is 11.4 Å². The van der Waals surface area contributed by atoms with E-state index in [2.05, 4.69) is 5.32 Å². The molecule has 2 unspecified atom stereocenters. The number of nitrogens with one attached hydrogen (secondary N) is 1. The van der Waals surface area contributed by atoms with Crippen LogP contribution in [0.1, 0.15) is 13.3 Å². The van der Waals surface area contributed by atoms with E-state index in [4.69, 9.17) is 4.74 Å². The highest BCUT2D eigenvalue weighted by atomic mass is 16.6. The second-order valence-electron chi connectivity index (χ2n) is 3.81. The number of nitrogens with zero attached hydrogens (tertiary/aromatic N) is 1. The van der Waals surface area contributed by atoms with Gasteiger partial charge in [-0.15, -0.1) is 0 Å². The number of hydrogen-bond acceptors (Lipinski definition) is 5. The SMILES string of the molecule is CCC1Oc2cc([N+](=O)[O-])ccc2NC1C=O. The van der Waals surface area contributed by atoms with Gasteiger partial charge in [0.2, 0.25) is 0 Å². The number of benzene rings is 1. The highest BCUT2D eigenvalue weighted by molar-refractivity contribution is 5.71. The lowest BCUT2D eigenvalue weighted by Crippen LogP contribution is -2.42.